The summed E-state index contributed by atoms with van der Waals surface area (Å²) in [6.45, 7) is 9.01. The lowest BCUT2D eigenvalue weighted by Gasteiger charge is -2.22. The van der Waals surface area contributed by atoms with Crippen molar-refractivity contribution in [3.8, 4) is 0 Å². The van der Waals surface area contributed by atoms with Crippen LogP contribution in [0.15, 0.2) is 18.2 Å². The van der Waals surface area contributed by atoms with Crippen LogP contribution in [0.25, 0.3) is 0 Å². The van der Waals surface area contributed by atoms with Crippen LogP contribution in [0, 0.1) is 25.7 Å². The van der Waals surface area contributed by atoms with Gasteiger partial charge < -0.3 is 10.6 Å². The van der Waals surface area contributed by atoms with Crippen molar-refractivity contribution in [2.24, 2.45) is 17.6 Å². The number of hydrogen-bond acceptors (Lipinski definition) is 2. The van der Waals surface area contributed by atoms with Gasteiger partial charge in [0.1, 0.15) is 0 Å². The minimum atomic E-state index is 0.145. The standard InChI is InChI=1S/C17H28N2O/c1-12(2)6-15(11-18)10-17(20)19(5)16-8-13(3)7-14(4)9-16/h7-9,12,15H,6,10-11,18H2,1-5H3. The van der Waals surface area contributed by atoms with Gasteiger partial charge in [-0.1, -0.05) is 19.9 Å². The summed E-state index contributed by atoms with van der Waals surface area (Å²) >= 11 is 0. The normalized spacial score (nSPS) is 12.6. The second-order valence-corrected chi connectivity index (χ2v) is 6.23. The largest absolute Gasteiger partial charge is 0.330 e. The van der Waals surface area contributed by atoms with E-state index in [1.54, 1.807) is 4.90 Å². The molecule has 2 N–H and O–H groups in total. The minimum Gasteiger partial charge on any atom is -0.330 e. The molecule has 3 heteroatoms. The van der Waals surface area contributed by atoms with Gasteiger partial charge in [0.05, 0.1) is 0 Å². The molecule has 0 fully saturated rings. The molecule has 0 aliphatic carbocycles. The van der Waals surface area contributed by atoms with Gasteiger partial charge >= 0.3 is 0 Å². The third-order valence-corrected chi connectivity index (χ3v) is 3.57. The summed E-state index contributed by atoms with van der Waals surface area (Å²) in [7, 11) is 1.85. The number of hydrogen-bond donors (Lipinski definition) is 1. The maximum Gasteiger partial charge on any atom is 0.227 e. The Morgan fingerprint density at radius 3 is 2.20 bits per heavy atom. The van der Waals surface area contributed by atoms with E-state index in [-0.39, 0.29) is 11.8 Å². The first-order valence-corrected chi connectivity index (χ1v) is 7.38. The molecule has 20 heavy (non-hydrogen) atoms. The number of nitrogens with zero attached hydrogens (tertiary/aromatic N) is 1. The van der Waals surface area contributed by atoms with E-state index in [0.717, 1.165) is 12.1 Å². The van der Waals surface area contributed by atoms with E-state index in [0.29, 0.717) is 18.9 Å². The molecule has 0 spiro atoms. The van der Waals surface area contributed by atoms with Crippen LogP contribution < -0.4 is 10.6 Å². The maximum absolute atomic E-state index is 12.4. The van der Waals surface area contributed by atoms with Gasteiger partial charge in [-0.25, -0.2) is 0 Å². The number of anilines is 1. The maximum atomic E-state index is 12.4. The fourth-order valence-electron chi connectivity index (χ4n) is 2.60. The zero-order valence-corrected chi connectivity index (χ0v) is 13.4. The summed E-state index contributed by atoms with van der Waals surface area (Å²) in [6.07, 6.45) is 1.53. The van der Waals surface area contributed by atoms with Crippen LogP contribution >= 0.6 is 0 Å². The summed E-state index contributed by atoms with van der Waals surface area (Å²) < 4.78 is 0. The summed E-state index contributed by atoms with van der Waals surface area (Å²) in [5.74, 6) is 0.991. The van der Waals surface area contributed by atoms with Gasteiger partial charge in [0.25, 0.3) is 0 Å². The third-order valence-electron chi connectivity index (χ3n) is 3.57. The Morgan fingerprint density at radius 1 is 1.20 bits per heavy atom. The zero-order valence-electron chi connectivity index (χ0n) is 13.4. The van der Waals surface area contributed by atoms with Crippen LogP contribution in [0.1, 0.15) is 37.8 Å². The first-order chi connectivity index (χ1) is 9.33. The van der Waals surface area contributed by atoms with Gasteiger partial charge in [-0.3, -0.25) is 4.79 Å². The average Bonchev–Trinajstić information content (AvgIpc) is 2.35. The molecule has 1 atom stereocenters. The van der Waals surface area contributed by atoms with Crippen molar-refractivity contribution in [3.05, 3.63) is 29.3 Å². The molecule has 1 aromatic carbocycles. The number of nitrogens with two attached hydrogens (primary N) is 1. The molecule has 0 aromatic heterocycles. The second-order valence-electron chi connectivity index (χ2n) is 6.23. The Balaban J connectivity index is 2.75. The number of carbonyl (C=O) groups is 1. The molecule has 0 aliphatic rings. The van der Waals surface area contributed by atoms with E-state index in [9.17, 15) is 4.79 Å². The highest BCUT2D eigenvalue weighted by molar-refractivity contribution is 5.93. The predicted molar refractivity (Wildman–Crippen MR) is 85.9 cm³/mol. The number of carbonyl (C=O) groups excluding carboxylic acids is 1. The van der Waals surface area contributed by atoms with E-state index < -0.39 is 0 Å². The lowest BCUT2D eigenvalue weighted by Crippen LogP contribution is -2.30. The average molecular weight is 276 g/mol. The van der Waals surface area contributed by atoms with Crippen molar-refractivity contribution in [2.75, 3.05) is 18.5 Å². The SMILES string of the molecule is Cc1cc(C)cc(N(C)C(=O)CC(CN)CC(C)C)c1. The lowest BCUT2D eigenvalue weighted by molar-refractivity contribution is -0.119. The van der Waals surface area contributed by atoms with Crippen molar-refractivity contribution in [1.82, 2.24) is 0 Å². The van der Waals surface area contributed by atoms with Gasteiger partial charge in [0.15, 0.2) is 0 Å². The third kappa shape index (κ3) is 4.97. The Bertz CT molecular complexity index is 434. The lowest BCUT2D eigenvalue weighted by atomic mass is 9.93. The molecule has 0 saturated carbocycles. The molecule has 0 heterocycles. The summed E-state index contributed by atoms with van der Waals surface area (Å²) in [5.41, 5.74) is 9.11. The summed E-state index contributed by atoms with van der Waals surface area (Å²) in [6, 6.07) is 6.21. The molecule has 1 rings (SSSR count). The fraction of sp³-hybridized carbons (Fsp3) is 0.588. The molecule has 0 saturated heterocycles. The molecular formula is C17H28N2O. The Morgan fingerprint density at radius 2 is 1.75 bits per heavy atom. The number of aryl methyl sites for hydroxylation is 2. The molecular weight excluding hydrogens is 248 g/mol. The topological polar surface area (TPSA) is 46.3 Å². The fourth-order valence-corrected chi connectivity index (χ4v) is 2.60. The molecule has 0 radical (unpaired) electrons. The highest BCUT2D eigenvalue weighted by Gasteiger charge is 2.18. The van der Waals surface area contributed by atoms with Crippen molar-refractivity contribution in [1.29, 1.82) is 0 Å². The Labute approximate surface area is 123 Å². The van der Waals surface area contributed by atoms with E-state index in [1.165, 1.54) is 11.1 Å². The highest BCUT2D eigenvalue weighted by Crippen LogP contribution is 2.21. The smallest absolute Gasteiger partial charge is 0.227 e. The van der Waals surface area contributed by atoms with Crippen molar-refractivity contribution < 1.29 is 4.79 Å². The van der Waals surface area contributed by atoms with Crippen LogP contribution in [0.3, 0.4) is 0 Å². The van der Waals surface area contributed by atoms with Crippen molar-refractivity contribution in [3.63, 3.8) is 0 Å². The Hall–Kier alpha value is -1.35. The minimum absolute atomic E-state index is 0.145. The first kappa shape index (κ1) is 16.7. The van der Waals surface area contributed by atoms with Crippen LogP contribution in [0.4, 0.5) is 5.69 Å². The monoisotopic (exact) mass is 276 g/mol. The number of rotatable bonds is 6. The van der Waals surface area contributed by atoms with Crippen molar-refractivity contribution in [2.45, 2.75) is 40.5 Å². The van der Waals surface area contributed by atoms with Crippen LogP contribution in [-0.2, 0) is 4.79 Å². The highest BCUT2D eigenvalue weighted by atomic mass is 16.2. The summed E-state index contributed by atoms with van der Waals surface area (Å²) in [5, 5.41) is 0. The molecule has 0 bridgehead atoms. The quantitative estimate of drug-likeness (QED) is 0.866. The van der Waals surface area contributed by atoms with Gasteiger partial charge in [0, 0.05) is 19.2 Å². The van der Waals surface area contributed by atoms with E-state index in [4.69, 9.17) is 5.73 Å². The van der Waals surface area contributed by atoms with Crippen LogP contribution in [-0.4, -0.2) is 19.5 Å². The van der Waals surface area contributed by atoms with Gasteiger partial charge in [-0.2, -0.15) is 0 Å². The molecule has 0 aliphatic heterocycles. The second kappa shape index (κ2) is 7.44. The predicted octanol–water partition coefficient (Wildman–Crippen LogP) is 3.28. The van der Waals surface area contributed by atoms with Gasteiger partial charge in [0.2, 0.25) is 5.91 Å². The Kier molecular flexibility index (Phi) is 6.21. The van der Waals surface area contributed by atoms with Crippen LogP contribution in [0.5, 0.6) is 0 Å². The molecule has 1 aromatic rings. The zero-order chi connectivity index (χ0) is 15.3. The van der Waals surface area contributed by atoms with Gasteiger partial charge in [-0.05, 0) is 61.9 Å². The van der Waals surface area contributed by atoms with Crippen LogP contribution in [0.2, 0.25) is 0 Å². The van der Waals surface area contributed by atoms with E-state index >= 15 is 0 Å². The first-order valence-electron chi connectivity index (χ1n) is 7.38. The number of amides is 1. The molecule has 112 valence electrons. The van der Waals surface area contributed by atoms with E-state index in [2.05, 4.69) is 33.8 Å². The molecule has 1 unspecified atom stereocenters. The summed E-state index contributed by atoms with van der Waals surface area (Å²) in [4.78, 5) is 14.1. The van der Waals surface area contributed by atoms with Crippen molar-refractivity contribution >= 4 is 11.6 Å². The van der Waals surface area contributed by atoms with Gasteiger partial charge in [-0.15, -0.1) is 0 Å². The van der Waals surface area contributed by atoms with E-state index in [1.807, 2.05) is 19.2 Å². The number of benzene rings is 1. The molecule has 1 amide bonds. The molecule has 3 nitrogen and oxygen atoms in total.